The highest BCUT2D eigenvalue weighted by molar-refractivity contribution is 6.17. The van der Waals surface area contributed by atoms with Gasteiger partial charge in [-0.05, 0) is 33.2 Å². The van der Waals surface area contributed by atoms with Crippen LogP contribution in [-0.4, -0.2) is 24.5 Å². The minimum Gasteiger partial charge on any atom is -0.496 e. The average molecular weight is 271 g/mol. The number of unbranched alkanes of at least 4 members (excludes halogenated alkanes) is 2. The lowest BCUT2D eigenvalue weighted by Crippen LogP contribution is -2.17. The molecule has 1 aromatic heterocycles. The van der Waals surface area contributed by atoms with E-state index in [1.54, 1.807) is 7.11 Å². The number of alkyl halides is 1. The molecule has 0 saturated carbocycles. The molecule has 0 amide bonds. The van der Waals surface area contributed by atoms with Crippen molar-refractivity contribution in [1.82, 2.24) is 10.3 Å². The quantitative estimate of drug-likeness (QED) is 0.582. The normalized spacial score (nSPS) is 10.7. The summed E-state index contributed by atoms with van der Waals surface area (Å²) in [7, 11) is 1.71. The summed E-state index contributed by atoms with van der Waals surface area (Å²) in [4.78, 5) is 4.46. The van der Waals surface area contributed by atoms with Crippen molar-refractivity contribution in [3.05, 3.63) is 23.0 Å². The molecule has 0 bridgehead atoms. The molecule has 0 spiro atoms. The number of hydrogen-bond donors (Lipinski definition) is 1. The van der Waals surface area contributed by atoms with Crippen molar-refractivity contribution >= 4 is 11.6 Å². The molecule has 0 saturated heterocycles. The molecule has 1 rings (SSSR count). The van der Waals surface area contributed by atoms with Gasteiger partial charge in [-0.3, -0.25) is 4.98 Å². The predicted molar refractivity (Wildman–Crippen MR) is 76.5 cm³/mol. The van der Waals surface area contributed by atoms with E-state index in [4.69, 9.17) is 16.3 Å². The van der Waals surface area contributed by atoms with E-state index in [1.807, 2.05) is 13.1 Å². The number of halogens is 1. The second-order valence-corrected chi connectivity index (χ2v) is 4.85. The summed E-state index contributed by atoms with van der Waals surface area (Å²) >= 11 is 5.63. The van der Waals surface area contributed by atoms with Crippen LogP contribution < -0.4 is 10.1 Å². The SMILES string of the molecule is COc1c(C)cnc(CNCCCCCCl)c1C. The van der Waals surface area contributed by atoms with Crippen LogP contribution >= 0.6 is 11.6 Å². The molecule has 0 aliphatic heterocycles. The van der Waals surface area contributed by atoms with Gasteiger partial charge in [-0.2, -0.15) is 0 Å². The molecule has 0 aliphatic carbocycles. The van der Waals surface area contributed by atoms with E-state index >= 15 is 0 Å². The maximum atomic E-state index is 5.63. The van der Waals surface area contributed by atoms with Crippen molar-refractivity contribution in [3.63, 3.8) is 0 Å². The van der Waals surface area contributed by atoms with Gasteiger partial charge in [0, 0.05) is 29.7 Å². The van der Waals surface area contributed by atoms with Crippen LogP contribution in [0.3, 0.4) is 0 Å². The zero-order valence-electron chi connectivity index (χ0n) is 11.6. The first kappa shape index (κ1) is 15.3. The Bertz CT molecular complexity index is 369. The Morgan fingerprint density at radius 1 is 1.28 bits per heavy atom. The summed E-state index contributed by atoms with van der Waals surface area (Å²) in [6.07, 6.45) is 5.31. The Hall–Kier alpha value is -0.800. The Labute approximate surface area is 115 Å². The van der Waals surface area contributed by atoms with Crippen molar-refractivity contribution in [2.45, 2.75) is 39.7 Å². The van der Waals surface area contributed by atoms with Gasteiger partial charge in [0.05, 0.1) is 12.8 Å². The molecule has 0 atom stereocenters. The van der Waals surface area contributed by atoms with Crippen LogP contribution in [0.5, 0.6) is 5.75 Å². The maximum absolute atomic E-state index is 5.63. The zero-order valence-corrected chi connectivity index (χ0v) is 12.3. The fourth-order valence-corrected chi connectivity index (χ4v) is 2.17. The molecule has 0 radical (unpaired) electrons. The Balaban J connectivity index is 2.43. The fourth-order valence-electron chi connectivity index (χ4n) is 1.98. The smallest absolute Gasteiger partial charge is 0.128 e. The van der Waals surface area contributed by atoms with Gasteiger partial charge >= 0.3 is 0 Å². The van der Waals surface area contributed by atoms with Gasteiger partial charge in [0.1, 0.15) is 5.75 Å². The highest BCUT2D eigenvalue weighted by Gasteiger charge is 2.08. The molecule has 3 nitrogen and oxygen atoms in total. The second-order valence-electron chi connectivity index (χ2n) is 4.47. The molecule has 1 N–H and O–H groups in total. The molecule has 18 heavy (non-hydrogen) atoms. The maximum Gasteiger partial charge on any atom is 0.128 e. The van der Waals surface area contributed by atoms with E-state index in [2.05, 4.69) is 17.2 Å². The summed E-state index contributed by atoms with van der Waals surface area (Å²) in [6.45, 7) is 5.88. The number of rotatable bonds is 8. The summed E-state index contributed by atoms with van der Waals surface area (Å²) in [5, 5.41) is 3.41. The van der Waals surface area contributed by atoms with E-state index in [-0.39, 0.29) is 0 Å². The lowest BCUT2D eigenvalue weighted by molar-refractivity contribution is 0.406. The van der Waals surface area contributed by atoms with Gasteiger partial charge in [-0.15, -0.1) is 11.6 Å². The predicted octanol–water partition coefficient (Wildman–Crippen LogP) is 3.21. The fraction of sp³-hybridized carbons (Fsp3) is 0.643. The van der Waals surface area contributed by atoms with E-state index in [0.29, 0.717) is 0 Å². The first-order chi connectivity index (χ1) is 8.70. The van der Waals surface area contributed by atoms with E-state index in [0.717, 1.165) is 54.4 Å². The van der Waals surface area contributed by atoms with Crippen LogP contribution in [0.4, 0.5) is 0 Å². The number of nitrogens with zero attached hydrogens (tertiary/aromatic N) is 1. The third-order valence-corrected chi connectivity index (χ3v) is 3.30. The Morgan fingerprint density at radius 3 is 2.72 bits per heavy atom. The Morgan fingerprint density at radius 2 is 2.06 bits per heavy atom. The van der Waals surface area contributed by atoms with Gasteiger partial charge in [0.15, 0.2) is 0 Å². The van der Waals surface area contributed by atoms with Crippen LogP contribution in [0, 0.1) is 13.8 Å². The summed E-state index contributed by atoms with van der Waals surface area (Å²) < 4.78 is 5.39. The molecule has 1 heterocycles. The standard InChI is InChI=1S/C14H23ClN2O/c1-11-9-17-13(12(2)14(11)18-3)10-16-8-6-4-5-7-15/h9,16H,4-8,10H2,1-3H3. The highest BCUT2D eigenvalue weighted by atomic mass is 35.5. The molecule has 0 unspecified atom stereocenters. The van der Waals surface area contributed by atoms with Crippen LogP contribution in [0.25, 0.3) is 0 Å². The number of methoxy groups -OCH3 is 1. The number of aryl methyl sites for hydroxylation is 1. The Kier molecular flexibility index (Phi) is 7.06. The summed E-state index contributed by atoms with van der Waals surface area (Å²) in [5.41, 5.74) is 3.28. The lowest BCUT2D eigenvalue weighted by atomic mass is 10.1. The van der Waals surface area contributed by atoms with Crippen LogP contribution in [0.2, 0.25) is 0 Å². The van der Waals surface area contributed by atoms with Gasteiger partial charge < -0.3 is 10.1 Å². The molecule has 0 aliphatic rings. The molecule has 4 heteroatoms. The van der Waals surface area contributed by atoms with E-state index in [1.165, 1.54) is 6.42 Å². The van der Waals surface area contributed by atoms with Crippen LogP contribution in [0.15, 0.2) is 6.20 Å². The number of aromatic nitrogens is 1. The number of hydrogen-bond acceptors (Lipinski definition) is 3. The third-order valence-electron chi connectivity index (χ3n) is 3.03. The molecule has 102 valence electrons. The summed E-state index contributed by atoms with van der Waals surface area (Å²) in [6, 6.07) is 0. The van der Waals surface area contributed by atoms with Crippen LogP contribution in [0.1, 0.15) is 36.1 Å². The number of pyridine rings is 1. The van der Waals surface area contributed by atoms with Gasteiger partial charge in [0.25, 0.3) is 0 Å². The topological polar surface area (TPSA) is 34.1 Å². The number of ether oxygens (including phenoxy) is 1. The zero-order chi connectivity index (χ0) is 13.4. The minimum absolute atomic E-state index is 0.760. The van der Waals surface area contributed by atoms with E-state index in [9.17, 15) is 0 Å². The molecule has 0 aromatic carbocycles. The van der Waals surface area contributed by atoms with Gasteiger partial charge in [-0.25, -0.2) is 0 Å². The van der Waals surface area contributed by atoms with Crippen molar-refractivity contribution in [1.29, 1.82) is 0 Å². The largest absolute Gasteiger partial charge is 0.496 e. The van der Waals surface area contributed by atoms with Gasteiger partial charge in [-0.1, -0.05) is 6.42 Å². The minimum atomic E-state index is 0.760. The third kappa shape index (κ3) is 4.46. The van der Waals surface area contributed by atoms with E-state index < -0.39 is 0 Å². The second kappa shape index (κ2) is 8.33. The average Bonchev–Trinajstić information content (AvgIpc) is 2.36. The molecular formula is C14H23ClN2O. The van der Waals surface area contributed by atoms with Crippen molar-refractivity contribution in [3.8, 4) is 5.75 Å². The van der Waals surface area contributed by atoms with Crippen molar-refractivity contribution in [2.75, 3.05) is 19.5 Å². The first-order valence-electron chi connectivity index (χ1n) is 6.46. The van der Waals surface area contributed by atoms with Crippen LogP contribution in [-0.2, 0) is 6.54 Å². The first-order valence-corrected chi connectivity index (χ1v) is 7.00. The highest BCUT2D eigenvalue weighted by Crippen LogP contribution is 2.23. The monoisotopic (exact) mass is 270 g/mol. The molecule has 1 aromatic rings. The molecular weight excluding hydrogens is 248 g/mol. The number of nitrogens with one attached hydrogen (secondary N) is 1. The van der Waals surface area contributed by atoms with Crippen molar-refractivity contribution in [2.24, 2.45) is 0 Å². The molecule has 0 fully saturated rings. The summed E-state index contributed by atoms with van der Waals surface area (Å²) in [5.74, 6) is 1.71. The van der Waals surface area contributed by atoms with Gasteiger partial charge in [0.2, 0.25) is 0 Å². The lowest BCUT2D eigenvalue weighted by Gasteiger charge is -2.12. The van der Waals surface area contributed by atoms with Crippen molar-refractivity contribution < 1.29 is 4.74 Å².